The molecule has 0 amide bonds. The molecule has 0 aliphatic rings. The van der Waals surface area contributed by atoms with Crippen LogP contribution >= 0.6 is 39.7 Å². The molecule has 132 valence electrons. The third kappa shape index (κ3) is 3.95. The first kappa shape index (κ1) is 19.0. The SMILES string of the molecule is Cc1ccccc1C(=S)c1ccc(Nc2cc(F)c(Br)cc2F)cc1Cl. The summed E-state index contributed by atoms with van der Waals surface area (Å²) >= 11 is 14.9. The molecular weight excluding hydrogens is 440 g/mol. The highest BCUT2D eigenvalue weighted by atomic mass is 79.9. The van der Waals surface area contributed by atoms with Crippen LogP contribution in [0.2, 0.25) is 5.02 Å². The fourth-order valence-electron chi connectivity index (χ4n) is 2.52. The van der Waals surface area contributed by atoms with E-state index in [1.807, 2.05) is 31.2 Å². The van der Waals surface area contributed by atoms with Crippen molar-refractivity contribution < 1.29 is 8.78 Å². The molecule has 0 saturated heterocycles. The second-order valence-corrected chi connectivity index (χ2v) is 7.38. The van der Waals surface area contributed by atoms with Crippen LogP contribution in [-0.2, 0) is 0 Å². The minimum Gasteiger partial charge on any atom is -0.353 e. The summed E-state index contributed by atoms with van der Waals surface area (Å²) in [5.74, 6) is -1.13. The Hall–Kier alpha value is -1.82. The maximum Gasteiger partial charge on any atom is 0.147 e. The van der Waals surface area contributed by atoms with E-state index in [0.717, 1.165) is 23.3 Å². The van der Waals surface area contributed by atoms with E-state index >= 15 is 0 Å². The number of aryl methyl sites for hydroxylation is 1. The Morgan fingerprint density at radius 3 is 2.42 bits per heavy atom. The van der Waals surface area contributed by atoms with Crippen LogP contribution < -0.4 is 5.32 Å². The molecule has 1 N–H and O–H groups in total. The fraction of sp³-hybridized carbons (Fsp3) is 0.0500. The summed E-state index contributed by atoms with van der Waals surface area (Å²) in [7, 11) is 0. The van der Waals surface area contributed by atoms with E-state index < -0.39 is 11.6 Å². The van der Waals surface area contributed by atoms with E-state index in [1.54, 1.807) is 18.2 Å². The molecule has 3 aromatic carbocycles. The normalized spacial score (nSPS) is 10.7. The van der Waals surface area contributed by atoms with Gasteiger partial charge < -0.3 is 5.32 Å². The molecule has 0 aliphatic carbocycles. The Labute approximate surface area is 169 Å². The van der Waals surface area contributed by atoms with Gasteiger partial charge in [0.1, 0.15) is 11.6 Å². The summed E-state index contributed by atoms with van der Waals surface area (Å²) in [6.45, 7) is 1.98. The lowest BCUT2D eigenvalue weighted by molar-refractivity contribution is 0.598. The molecule has 0 heterocycles. The first-order valence-corrected chi connectivity index (χ1v) is 9.26. The molecule has 0 fully saturated rings. The Bertz CT molecular complexity index is 1010. The minimum absolute atomic E-state index is 0.0241. The summed E-state index contributed by atoms with van der Waals surface area (Å²) in [5, 5.41) is 3.27. The number of hydrogen-bond acceptors (Lipinski definition) is 2. The zero-order chi connectivity index (χ0) is 18.8. The molecule has 26 heavy (non-hydrogen) atoms. The molecule has 0 bridgehead atoms. The first-order valence-electron chi connectivity index (χ1n) is 7.68. The van der Waals surface area contributed by atoms with Gasteiger partial charge in [-0.1, -0.05) is 48.1 Å². The average Bonchev–Trinajstić information content (AvgIpc) is 2.60. The highest BCUT2D eigenvalue weighted by Gasteiger charge is 2.13. The molecule has 1 nitrogen and oxygen atoms in total. The lowest BCUT2D eigenvalue weighted by atomic mass is 10.00. The van der Waals surface area contributed by atoms with Crippen LogP contribution in [0.5, 0.6) is 0 Å². The number of anilines is 2. The van der Waals surface area contributed by atoms with Crippen molar-refractivity contribution in [1.82, 2.24) is 0 Å². The van der Waals surface area contributed by atoms with Gasteiger partial charge in [-0.2, -0.15) is 0 Å². The van der Waals surface area contributed by atoms with Crippen molar-refractivity contribution in [3.05, 3.63) is 92.4 Å². The van der Waals surface area contributed by atoms with E-state index in [-0.39, 0.29) is 10.2 Å². The lowest BCUT2D eigenvalue weighted by Gasteiger charge is -2.13. The molecule has 3 aromatic rings. The van der Waals surface area contributed by atoms with Crippen molar-refractivity contribution in [2.24, 2.45) is 0 Å². The Kier molecular flexibility index (Phi) is 5.70. The van der Waals surface area contributed by atoms with Crippen molar-refractivity contribution in [2.45, 2.75) is 6.92 Å². The molecule has 0 spiro atoms. The molecule has 0 aromatic heterocycles. The van der Waals surface area contributed by atoms with Crippen LogP contribution in [0, 0.1) is 18.6 Å². The van der Waals surface area contributed by atoms with Gasteiger partial charge in [-0.25, -0.2) is 8.78 Å². The van der Waals surface area contributed by atoms with Crippen molar-refractivity contribution in [3.63, 3.8) is 0 Å². The van der Waals surface area contributed by atoms with Crippen LogP contribution in [0.4, 0.5) is 20.2 Å². The summed E-state index contributed by atoms with van der Waals surface area (Å²) in [6.07, 6.45) is 0. The zero-order valence-corrected chi connectivity index (χ0v) is 16.8. The first-order chi connectivity index (χ1) is 12.4. The molecule has 0 saturated carbocycles. The second kappa shape index (κ2) is 7.82. The smallest absolute Gasteiger partial charge is 0.147 e. The predicted octanol–water partition coefficient (Wildman–Crippen LogP) is 7.20. The molecule has 0 radical (unpaired) electrons. The second-order valence-electron chi connectivity index (χ2n) is 5.71. The van der Waals surface area contributed by atoms with Crippen molar-refractivity contribution in [2.75, 3.05) is 5.32 Å². The van der Waals surface area contributed by atoms with Gasteiger partial charge in [0, 0.05) is 17.3 Å². The predicted molar refractivity (Wildman–Crippen MR) is 111 cm³/mol. The molecule has 0 atom stereocenters. The average molecular weight is 453 g/mol. The molecule has 0 aliphatic heterocycles. The number of benzene rings is 3. The zero-order valence-electron chi connectivity index (χ0n) is 13.6. The van der Waals surface area contributed by atoms with E-state index in [4.69, 9.17) is 23.8 Å². The van der Waals surface area contributed by atoms with Crippen LogP contribution in [0.25, 0.3) is 0 Å². The largest absolute Gasteiger partial charge is 0.353 e. The van der Waals surface area contributed by atoms with Gasteiger partial charge in [0.15, 0.2) is 0 Å². The topological polar surface area (TPSA) is 12.0 Å². The summed E-state index contributed by atoms with van der Waals surface area (Å²) in [4.78, 5) is 0.639. The summed E-state index contributed by atoms with van der Waals surface area (Å²) in [6, 6.07) is 15.1. The van der Waals surface area contributed by atoms with Gasteiger partial charge in [-0.15, -0.1) is 0 Å². The maximum atomic E-state index is 14.0. The molecule has 3 rings (SSSR count). The van der Waals surface area contributed by atoms with Gasteiger partial charge in [-0.3, -0.25) is 0 Å². The Morgan fingerprint density at radius 2 is 1.73 bits per heavy atom. The number of halogens is 4. The van der Waals surface area contributed by atoms with Crippen LogP contribution in [0.15, 0.2) is 59.1 Å². The van der Waals surface area contributed by atoms with Crippen molar-refractivity contribution in [3.8, 4) is 0 Å². The Morgan fingerprint density at radius 1 is 1.00 bits per heavy atom. The fourth-order valence-corrected chi connectivity index (χ4v) is 3.58. The van der Waals surface area contributed by atoms with Crippen LogP contribution in [-0.4, -0.2) is 4.86 Å². The van der Waals surface area contributed by atoms with E-state index in [2.05, 4.69) is 21.2 Å². The minimum atomic E-state index is -0.575. The van der Waals surface area contributed by atoms with Crippen LogP contribution in [0.1, 0.15) is 16.7 Å². The summed E-state index contributed by atoms with van der Waals surface area (Å²) in [5.41, 5.74) is 3.27. The van der Waals surface area contributed by atoms with Gasteiger partial charge in [-0.05, 0) is 58.2 Å². The highest BCUT2D eigenvalue weighted by molar-refractivity contribution is 9.10. The number of hydrogen-bond donors (Lipinski definition) is 1. The molecule has 6 heteroatoms. The van der Waals surface area contributed by atoms with Gasteiger partial charge in [0.05, 0.1) is 20.0 Å². The Balaban J connectivity index is 1.90. The monoisotopic (exact) mass is 451 g/mol. The lowest BCUT2D eigenvalue weighted by Crippen LogP contribution is -2.03. The third-order valence-corrected chi connectivity index (χ3v) is 5.25. The van der Waals surface area contributed by atoms with Crippen LogP contribution in [0.3, 0.4) is 0 Å². The number of thiocarbonyl (C=S) groups is 1. The van der Waals surface area contributed by atoms with E-state index in [0.29, 0.717) is 21.1 Å². The van der Waals surface area contributed by atoms with Crippen molar-refractivity contribution >= 4 is 56.0 Å². The van der Waals surface area contributed by atoms with E-state index in [1.165, 1.54) is 0 Å². The molecular formula is C20H13BrClF2NS. The standard InChI is InChI=1S/C20H13BrClF2NS/c1-11-4-2-3-5-13(11)20(26)14-7-6-12(8-16(14)22)25-19-10-17(23)15(21)9-18(19)24/h2-10,25H,1H3. The van der Waals surface area contributed by atoms with Gasteiger partial charge in [0.25, 0.3) is 0 Å². The molecule has 0 unspecified atom stereocenters. The third-order valence-electron chi connectivity index (χ3n) is 3.89. The number of nitrogens with one attached hydrogen (secondary N) is 1. The van der Waals surface area contributed by atoms with Gasteiger partial charge >= 0.3 is 0 Å². The van der Waals surface area contributed by atoms with Gasteiger partial charge in [0.2, 0.25) is 0 Å². The van der Waals surface area contributed by atoms with Crippen molar-refractivity contribution in [1.29, 1.82) is 0 Å². The highest BCUT2D eigenvalue weighted by Crippen LogP contribution is 2.29. The number of rotatable bonds is 4. The van der Waals surface area contributed by atoms with E-state index in [9.17, 15) is 8.78 Å². The maximum absolute atomic E-state index is 14.0. The summed E-state index contributed by atoms with van der Waals surface area (Å²) < 4.78 is 27.7. The quantitative estimate of drug-likeness (QED) is 0.255.